The van der Waals surface area contributed by atoms with Crippen LogP contribution in [0.25, 0.3) is 6.08 Å². The van der Waals surface area contributed by atoms with Crippen LogP contribution in [-0.2, 0) is 9.59 Å². The topological polar surface area (TPSA) is 112 Å². The minimum Gasteiger partial charge on any atom is -0.494 e. The third-order valence-corrected chi connectivity index (χ3v) is 5.69. The fourth-order valence-electron chi connectivity index (χ4n) is 2.85. The third-order valence-electron chi connectivity index (χ3n) is 4.20. The number of nitrogens with zero attached hydrogens (tertiary/aromatic N) is 1. The summed E-state index contributed by atoms with van der Waals surface area (Å²) in [6, 6.07) is 9.14. The van der Waals surface area contributed by atoms with Crippen molar-refractivity contribution >= 4 is 56.4 Å². The molecule has 0 aromatic heterocycles. The van der Waals surface area contributed by atoms with Crippen molar-refractivity contribution in [3.63, 3.8) is 0 Å². The maximum atomic E-state index is 12.5. The average molecular weight is 520 g/mol. The van der Waals surface area contributed by atoms with Gasteiger partial charge in [0.15, 0.2) is 23.3 Å². The molecule has 0 aliphatic carbocycles. The first kappa shape index (κ1) is 23.7. The van der Waals surface area contributed by atoms with E-state index < -0.39 is 5.91 Å². The van der Waals surface area contributed by atoms with E-state index in [0.29, 0.717) is 49.7 Å². The number of thioether (sulfide) groups is 1. The molecule has 2 aromatic carbocycles. The van der Waals surface area contributed by atoms with Crippen molar-refractivity contribution in [2.24, 2.45) is 10.7 Å². The van der Waals surface area contributed by atoms with Crippen LogP contribution in [0.2, 0.25) is 0 Å². The average Bonchev–Trinajstić information content (AvgIpc) is 3.06. The van der Waals surface area contributed by atoms with E-state index in [9.17, 15) is 9.59 Å². The smallest absolute Gasteiger partial charge is 0.264 e. The second-order valence-electron chi connectivity index (χ2n) is 6.68. The Morgan fingerprint density at radius 3 is 2.72 bits per heavy atom. The predicted molar refractivity (Wildman–Crippen MR) is 129 cm³/mol. The Morgan fingerprint density at radius 2 is 2.03 bits per heavy atom. The number of benzene rings is 2. The number of rotatable bonds is 8. The molecule has 1 saturated heterocycles. The Labute approximate surface area is 198 Å². The van der Waals surface area contributed by atoms with Gasteiger partial charge in [0.05, 0.1) is 23.1 Å². The lowest BCUT2D eigenvalue weighted by molar-refractivity contribution is -0.120. The third kappa shape index (κ3) is 5.83. The summed E-state index contributed by atoms with van der Waals surface area (Å²) in [7, 11) is 1.57. The number of nitrogens with two attached hydrogens (primary N) is 1. The molecule has 0 radical (unpaired) electrons. The fraction of sp³-hybridized carbons (Fsp3) is 0.227. The summed E-state index contributed by atoms with van der Waals surface area (Å²) in [5.41, 5.74) is 7.54. The summed E-state index contributed by atoms with van der Waals surface area (Å²) < 4.78 is 17.0. The minimum absolute atomic E-state index is 0.261. The molecule has 1 fully saturated rings. The number of halogens is 1. The van der Waals surface area contributed by atoms with Crippen molar-refractivity contribution in [2.45, 2.75) is 13.8 Å². The molecule has 0 bridgehead atoms. The van der Waals surface area contributed by atoms with Crippen LogP contribution in [0.3, 0.4) is 0 Å². The summed E-state index contributed by atoms with van der Waals surface area (Å²) in [5.74, 6) is 0.555. The van der Waals surface area contributed by atoms with Crippen LogP contribution in [0, 0.1) is 6.92 Å². The molecule has 2 amide bonds. The monoisotopic (exact) mass is 519 g/mol. The number of aliphatic imine (C=N–C) groups is 1. The van der Waals surface area contributed by atoms with Crippen molar-refractivity contribution in [1.82, 2.24) is 5.32 Å². The number of amides is 2. The van der Waals surface area contributed by atoms with Gasteiger partial charge in [0, 0.05) is 0 Å². The number of primary amides is 1. The number of amidine groups is 1. The quantitative estimate of drug-likeness (QED) is 0.511. The fourth-order valence-corrected chi connectivity index (χ4v) is 4.26. The van der Waals surface area contributed by atoms with Crippen LogP contribution >= 0.6 is 27.7 Å². The van der Waals surface area contributed by atoms with Gasteiger partial charge in [0.1, 0.15) is 11.4 Å². The maximum Gasteiger partial charge on any atom is 0.264 e. The molecule has 10 heteroatoms. The van der Waals surface area contributed by atoms with Gasteiger partial charge in [-0.1, -0.05) is 6.07 Å². The first-order chi connectivity index (χ1) is 15.3. The van der Waals surface area contributed by atoms with Crippen molar-refractivity contribution in [1.29, 1.82) is 0 Å². The highest BCUT2D eigenvalue weighted by Crippen LogP contribution is 2.39. The Hall–Kier alpha value is -2.98. The van der Waals surface area contributed by atoms with Gasteiger partial charge in [-0.05, 0) is 83.0 Å². The van der Waals surface area contributed by atoms with E-state index in [1.54, 1.807) is 25.3 Å². The largest absolute Gasteiger partial charge is 0.494 e. The normalized spacial score (nSPS) is 15.7. The molecule has 2 aromatic rings. The van der Waals surface area contributed by atoms with Crippen LogP contribution in [0.1, 0.15) is 18.1 Å². The summed E-state index contributed by atoms with van der Waals surface area (Å²) in [4.78, 5) is 28.6. The van der Waals surface area contributed by atoms with Crippen molar-refractivity contribution < 1.29 is 23.8 Å². The SMILES string of the molecule is CCOc1cc(/C=C2\SC(=Nc3cc(C)ccc3OC)NC2=O)cc(Br)c1OCC(N)=O. The molecule has 3 rings (SSSR count). The Morgan fingerprint density at radius 1 is 1.25 bits per heavy atom. The lowest BCUT2D eigenvalue weighted by Crippen LogP contribution is -2.20. The Balaban J connectivity index is 1.89. The van der Waals surface area contributed by atoms with E-state index in [1.165, 1.54) is 11.8 Å². The molecular formula is C22H22BrN3O5S. The standard InChI is InChI=1S/C22H22BrN3O5S/c1-4-30-17-9-13(8-14(23)20(17)31-11-19(24)27)10-18-21(28)26-22(32-18)25-15-7-12(2)5-6-16(15)29-3/h5-10H,4,11H2,1-3H3,(H2,24,27)(H,25,26,28)/b18-10-. The summed E-state index contributed by atoms with van der Waals surface area (Å²) in [6.45, 7) is 3.91. The lowest BCUT2D eigenvalue weighted by Gasteiger charge is -2.13. The summed E-state index contributed by atoms with van der Waals surface area (Å²) >= 11 is 4.65. The second-order valence-corrected chi connectivity index (χ2v) is 8.56. The number of methoxy groups -OCH3 is 1. The molecule has 32 heavy (non-hydrogen) atoms. The van der Waals surface area contributed by atoms with Gasteiger partial charge in [-0.25, -0.2) is 4.99 Å². The van der Waals surface area contributed by atoms with Crippen LogP contribution in [0.5, 0.6) is 17.2 Å². The van der Waals surface area contributed by atoms with E-state index in [2.05, 4.69) is 26.2 Å². The van der Waals surface area contributed by atoms with Crippen molar-refractivity contribution in [3.8, 4) is 17.2 Å². The number of ether oxygens (including phenoxy) is 3. The second kappa shape index (κ2) is 10.6. The number of nitrogens with one attached hydrogen (secondary N) is 1. The summed E-state index contributed by atoms with van der Waals surface area (Å²) in [6.07, 6.45) is 1.72. The lowest BCUT2D eigenvalue weighted by atomic mass is 10.2. The van der Waals surface area contributed by atoms with Gasteiger partial charge in [-0.3, -0.25) is 9.59 Å². The van der Waals surface area contributed by atoms with Gasteiger partial charge >= 0.3 is 0 Å². The molecule has 1 heterocycles. The zero-order valence-corrected chi connectivity index (χ0v) is 20.1. The van der Waals surface area contributed by atoms with Gasteiger partial charge in [0.2, 0.25) is 0 Å². The molecule has 1 aliphatic rings. The molecule has 1 aliphatic heterocycles. The molecule has 0 saturated carbocycles. The molecule has 0 unspecified atom stereocenters. The molecule has 168 valence electrons. The molecule has 8 nitrogen and oxygen atoms in total. The van der Waals surface area contributed by atoms with Crippen LogP contribution < -0.4 is 25.3 Å². The van der Waals surface area contributed by atoms with Crippen LogP contribution in [0.15, 0.2) is 44.7 Å². The van der Waals surface area contributed by atoms with E-state index in [4.69, 9.17) is 19.9 Å². The molecular weight excluding hydrogens is 498 g/mol. The molecule has 0 spiro atoms. The highest BCUT2D eigenvalue weighted by molar-refractivity contribution is 9.10. The zero-order chi connectivity index (χ0) is 23.3. The highest BCUT2D eigenvalue weighted by Gasteiger charge is 2.25. The minimum atomic E-state index is -0.596. The van der Waals surface area contributed by atoms with Crippen molar-refractivity contribution in [3.05, 3.63) is 50.8 Å². The molecule has 3 N–H and O–H groups in total. The number of hydrogen-bond donors (Lipinski definition) is 2. The zero-order valence-electron chi connectivity index (χ0n) is 17.7. The van der Waals surface area contributed by atoms with E-state index >= 15 is 0 Å². The van der Waals surface area contributed by atoms with Gasteiger partial charge in [-0.2, -0.15) is 0 Å². The Kier molecular flexibility index (Phi) is 7.81. The van der Waals surface area contributed by atoms with Gasteiger partial charge in [-0.15, -0.1) is 0 Å². The summed E-state index contributed by atoms with van der Waals surface area (Å²) in [5, 5.41) is 3.23. The number of aryl methyl sites for hydroxylation is 1. The molecule has 0 atom stereocenters. The van der Waals surface area contributed by atoms with Crippen LogP contribution in [0.4, 0.5) is 5.69 Å². The van der Waals surface area contributed by atoms with E-state index in [0.717, 1.165) is 5.56 Å². The number of hydrogen-bond acceptors (Lipinski definition) is 7. The highest BCUT2D eigenvalue weighted by atomic mass is 79.9. The Bertz CT molecular complexity index is 1120. The van der Waals surface area contributed by atoms with Gasteiger partial charge in [0.25, 0.3) is 11.8 Å². The van der Waals surface area contributed by atoms with E-state index in [-0.39, 0.29) is 12.5 Å². The van der Waals surface area contributed by atoms with Gasteiger partial charge < -0.3 is 25.3 Å². The maximum absolute atomic E-state index is 12.5. The van der Waals surface area contributed by atoms with Crippen molar-refractivity contribution in [2.75, 3.05) is 20.3 Å². The predicted octanol–water partition coefficient (Wildman–Crippen LogP) is 3.92. The number of carbonyl (C=O) groups is 2. The van der Waals surface area contributed by atoms with Crippen LogP contribution in [-0.4, -0.2) is 37.3 Å². The number of carbonyl (C=O) groups excluding carboxylic acids is 2. The first-order valence-corrected chi connectivity index (χ1v) is 11.2. The van der Waals surface area contributed by atoms with E-state index in [1.807, 2.05) is 32.0 Å². The first-order valence-electron chi connectivity index (χ1n) is 9.62.